The Labute approximate surface area is 106 Å². The maximum atomic E-state index is 12.7. The van der Waals surface area contributed by atoms with Gasteiger partial charge in [0.2, 0.25) is 0 Å². The van der Waals surface area contributed by atoms with Gasteiger partial charge in [-0.25, -0.2) is 9.18 Å². The minimum atomic E-state index is -0.895. The maximum Gasteiger partial charge on any atom is 0.345 e. The summed E-state index contributed by atoms with van der Waals surface area (Å²) in [4.78, 5) is 13.0. The summed E-state index contributed by atoms with van der Waals surface area (Å²) in [6, 6.07) is 9.68. The van der Waals surface area contributed by atoms with E-state index in [-0.39, 0.29) is 5.82 Å². The first kappa shape index (κ1) is 12.1. The molecule has 0 saturated heterocycles. The molecule has 17 heavy (non-hydrogen) atoms. The SMILES string of the molecule is O=C(O)c1ccc(CSc2ccc(F)cc2)s1. The number of rotatable bonds is 4. The highest BCUT2D eigenvalue weighted by atomic mass is 32.2. The summed E-state index contributed by atoms with van der Waals surface area (Å²) in [5.41, 5.74) is 0. The Morgan fingerprint density at radius 1 is 1.24 bits per heavy atom. The molecule has 1 N–H and O–H groups in total. The molecule has 0 spiro atoms. The molecule has 0 aliphatic carbocycles. The van der Waals surface area contributed by atoms with Gasteiger partial charge in [0.05, 0.1) is 0 Å². The van der Waals surface area contributed by atoms with Crippen LogP contribution in [0.15, 0.2) is 41.3 Å². The number of thiophene rings is 1. The van der Waals surface area contributed by atoms with E-state index in [9.17, 15) is 9.18 Å². The van der Waals surface area contributed by atoms with Gasteiger partial charge in [-0.05, 0) is 36.4 Å². The maximum absolute atomic E-state index is 12.7. The summed E-state index contributed by atoms with van der Waals surface area (Å²) < 4.78 is 12.7. The van der Waals surface area contributed by atoms with Crippen LogP contribution >= 0.6 is 23.1 Å². The van der Waals surface area contributed by atoms with E-state index in [0.717, 1.165) is 9.77 Å². The third kappa shape index (κ3) is 3.31. The van der Waals surface area contributed by atoms with Crippen molar-refractivity contribution >= 4 is 29.1 Å². The molecule has 2 nitrogen and oxygen atoms in total. The number of benzene rings is 1. The Kier molecular flexibility index (Phi) is 3.81. The number of carboxylic acid groups (broad SMARTS) is 1. The van der Waals surface area contributed by atoms with Gasteiger partial charge < -0.3 is 5.11 Å². The Hall–Kier alpha value is -1.33. The molecule has 0 atom stereocenters. The molecule has 0 aliphatic heterocycles. The van der Waals surface area contributed by atoms with Crippen molar-refractivity contribution in [2.75, 3.05) is 0 Å². The van der Waals surface area contributed by atoms with Gasteiger partial charge in [-0.1, -0.05) is 0 Å². The molecular weight excluding hydrogens is 259 g/mol. The lowest BCUT2D eigenvalue weighted by atomic mass is 10.4. The highest BCUT2D eigenvalue weighted by Crippen LogP contribution is 2.26. The monoisotopic (exact) mass is 268 g/mol. The first-order valence-corrected chi connectivity index (χ1v) is 6.66. The predicted octanol–water partition coefficient (Wildman–Crippen LogP) is 3.88. The van der Waals surface area contributed by atoms with Gasteiger partial charge in [0.1, 0.15) is 10.7 Å². The molecular formula is C12H9FO2S2. The second-order valence-electron chi connectivity index (χ2n) is 3.31. The Balaban J connectivity index is 1.97. The van der Waals surface area contributed by atoms with Gasteiger partial charge in [-0.3, -0.25) is 0 Å². The summed E-state index contributed by atoms with van der Waals surface area (Å²) in [6.45, 7) is 0. The van der Waals surface area contributed by atoms with E-state index >= 15 is 0 Å². The van der Waals surface area contributed by atoms with E-state index in [1.54, 1.807) is 30.0 Å². The van der Waals surface area contributed by atoms with Crippen molar-refractivity contribution in [1.82, 2.24) is 0 Å². The summed E-state index contributed by atoms with van der Waals surface area (Å²) in [7, 11) is 0. The predicted molar refractivity (Wildman–Crippen MR) is 67.2 cm³/mol. The van der Waals surface area contributed by atoms with Crippen LogP contribution < -0.4 is 0 Å². The van der Waals surface area contributed by atoms with Crippen LogP contribution in [0.5, 0.6) is 0 Å². The highest BCUT2D eigenvalue weighted by molar-refractivity contribution is 7.98. The molecule has 1 aromatic heterocycles. The van der Waals surface area contributed by atoms with Gasteiger partial charge >= 0.3 is 5.97 Å². The Morgan fingerprint density at radius 3 is 2.53 bits per heavy atom. The summed E-state index contributed by atoms with van der Waals surface area (Å²) >= 11 is 2.83. The second kappa shape index (κ2) is 5.33. The van der Waals surface area contributed by atoms with Crippen LogP contribution in [0.2, 0.25) is 0 Å². The van der Waals surface area contributed by atoms with E-state index < -0.39 is 5.97 Å². The second-order valence-corrected chi connectivity index (χ2v) is 5.53. The number of thioether (sulfide) groups is 1. The van der Waals surface area contributed by atoms with Crippen molar-refractivity contribution in [2.24, 2.45) is 0 Å². The fourth-order valence-corrected chi connectivity index (χ4v) is 3.04. The van der Waals surface area contributed by atoms with Crippen LogP contribution in [0.4, 0.5) is 4.39 Å². The third-order valence-electron chi connectivity index (χ3n) is 2.07. The smallest absolute Gasteiger partial charge is 0.345 e. The van der Waals surface area contributed by atoms with Crippen LogP contribution in [0.25, 0.3) is 0 Å². The Morgan fingerprint density at radius 2 is 1.94 bits per heavy atom. The molecule has 0 amide bonds. The van der Waals surface area contributed by atoms with E-state index in [2.05, 4.69) is 0 Å². The first-order valence-electron chi connectivity index (χ1n) is 4.85. The van der Waals surface area contributed by atoms with E-state index in [1.807, 2.05) is 6.07 Å². The molecule has 5 heteroatoms. The fraction of sp³-hybridized carbons (Fsp3) is 0.0833. The normalized spacial score (nSPS) is 10.4. The Bertz CT molecular complexity index is 520. The van der Waals surface area contributed by atoms with Crippen molar-refractivity contribution in [1.29, 1.82) is 0 Å². The van der Waals surface area contributed by atoms with Crippen molar-refractivity contribution < 1.29 is 14.3 Å². The van der Waals surface area contributed by atoms with Gasteiger partial charge in [0.15, 0.2) is 0 Å². The zero-order chi connectivity index (χ0) is 12.3. The number of carbonyl (C=O) groups is 1. The number of halogens is 1. The highest BCUT2D eigenvalue weighted by Gasteiger charge is 2.06. The molecule has 0 unspecified atom stereocenters. The van der Waals surface area contributed by atoms with Crippen molar-refractivity contribution in [3.8, 4) is 0 Å². The zero-order valence-electron chi connectivity index (χ0n) is 8.72. The third-order valence-corrected chi connectivity index (χ3v) is 4.38. The number of carboxylic acids is 1. The van der Waals surface area contributed by atoms with E-state index in [0.29, 0.717) is 10.6 Å². The molecule has 0 fully saturated rings. The average molecular weight is 268 g/mol. The van der Waals surface area contributed by atoms with Crippen LogP contribution in [-0.2, 0) is 5.75 Å². The lowest BCUT2D eigenvalue weighted by Crippen LogP contribution is -1.89. The summed E-state index contributed by atoms with van der Waals surface area (Å²) in [5, 5.41) is 8.78. The van der Waals surface area contributed by atoms with Gasteiger partial charge in [-0.15, -0.1) is 23.1 Å². The molecule has 1 heterocycles. The molecule has 88 valence electrons. The van der Waals surface area contributed by atoms with Crippen LogP contribution in [0, 0.1) is 5.82 Å². The van der Waals surface area contributed by atoms with Gasteiger partial charge in [0.25, 0.3) is 0 Å². The molecule has 2 aromatic rings. The minimum absolute atomic E-state index is 0.251. The van der Waals surface area contributed by atoms with Crippen molar-refractivity contribution in [3.63, 3.8) is 0 Å². The van der Waals surface area contributed by atoms with Crippen LogP contribution in [-0.4, -0.2) is 11.1 Å². The fourth-order valence-electron chi connectivity index (χ4n) is 1.26. The first-order chi connectivity index (χ1) is 8.15. The zero-order valence-corrected chi connectivity index (χ0v) is 10.4. The molecule has 0 bridgehead atoms. The van der Waals surface area contributed by atoms with Crippen LogP contribution in [0.3, 0.4) is 0 Å². The standard InChI is InChI=1S/C12H9FO2S2/c13-8-1-3-9(4-2-8)16-7-10-5-6-11(17-10)12(14)15/h1-6H,7H2,(H,14,15). The van der Waals surface area contributed by atoms with Crippen LogP contribution in [0.1, 0.15) is 14.5 Å². The summed E-state index contributed by atoms with van der Waals surface area (Å²) in [6.07, 6.45) is 0. The van der Waals surface area contributed by atoms with Crippen molar-refractivity contribution in [3.05, 3.63) is 52.0 Å². The van der Waals surface area contributed by atoms with E-state index in [4.69, 9.17) is 5.11 Å². The minimum Gasteiger partial charge on any atom is -0.477 e. The molecule has 0 radical (unpaired) electrons. The number of hydrogen-bond acceptors (Lipinski definition) is 3. The number of aromatic carboxylic acids is 1. The lowest BCUT2D eigenvalue weighted by molar-refractivity contribution is 0.0702. The average Bonchev–Trinajstić information content (AvgIpc) is 2.77. The molecule has 0 saturated carbocycles. The number of hydrogen-bond donors (Lipinski definition) is 1. The van der Waals surface area contributed by atoms with Gasteiger partial charge in [0, 0.05) is 15.5 Å². The lowest BCUT2D eigenvalue weighted by Gasteiger charge is -1.99. The van der Waals surface area contributed by atoms with E-state index in [1.165, 1.54) is 23.5 Å². The quantitative estimate of drug-likeness (QED) is 0.855. The molecule has 0 aliphatic rings. The topological polar surface area (TPSA) is 37.3 Å². The van der Waals surface area contributed by atoms with Gasteiger partial charge in [-0.2, -0.15) is 0 Å². The largest absolute Gasteiger partial charge is 0.477 e. The molecule has 1 aromatic carbocycles. The van der Waals surface area contributed by atoms with Crippen molar-refractivity contribution in [2.45, 2.75) is 10.6 Å². The molecule has 2 rings (SSSR count). The summed E-state index contributed by atoms with van der Waals surface area (Å²) in [5.74, 6) is -0.449.